The highest BCUT2D eigenvalue weighted by Crippen LogP contribution is 2.68. The number of hydrogen-bond acceptors (Lipinski definition) is 4. The van der Waals surface area contributed by atoms with Crippen molar-refractivity contribution in [3.8, 4) is 0 Å². The van der Waals surface area contributed by atoms with Gasteiger partial charge in [-0.25, -0.2) is 0 Å². The monoisotopic (exact) mass is 409 g/mol. The van der Waals surface area contributed by atoms with Gasteiger partial charge >= 0.3 is 5.97 Å². The largest absolute Gasteiger partial charge is 0.481 e. The Morgan fingerprint density at radius 2 is 1.76 bits per heavy atom. The Morgan fingerprint density at radius 3 is 2.45 bits per heavy atom. The van der Waals surface area contributed by atoms with Crippen LogP contribution >= 0.6 is 0 Å². The molecule has 5 heteroatoms. The first kappa shape index (κ1) is 21.6. The molecule has 0 heterocycles. The van der Waals surface area contributed by atoms with Gasteiger partial charge in [0.15, 0.2) is 0 Å². The van der Waals surface area contributed by atoms with Crippen LogP contribution < -0.4 is 0 Å². The molecule has 0 unspecified atom stereocenters. The van der Waals surface area contributed by atoms with Crippen LogP contribution in [0.5, 0.6) is 0 Å². The summed E-state index contributed by atoms with van der Waals surface area (Å²) < 4.78 is 0. The zero-order valence-corrected chi connectivity index (χ0v) is 18.3. The number of aliphatic hydroxyl groups is 3. The fourth-order valence-electron chi connectivity index (χ4n) is 8.68. The summed E-state index contributed by atoms with van der Waals surface area (Å²) in [4.78, 5) is 11.1. The molecule has 4 fully saturated rings. The zero-order chi connectivity index (χ0) is 21.1. The second-order valence-corrected chi connectivity index (χ2v) is 11.4. The van der Waals surface area contributed by atoms with Gasteiger partial charge in [0.25, 0.3) is 0 Å². The second-order valence-electron chi connectivity index (χ2n) is 11.4. The van der Waals surface area contributed by atoms with E-state index < -0.39 is 12.1 Å². The highest BCUT2D eigenvalue weighted by molar-refractivity contribution is 5.66. The van der Waals surface area contributed by atoms with Crippen molar-refractivity contribution in [2.75, 3.05) is 0 Å². The molecule has 166 valence electrons. The average Bonchev–Trinajstić information content (AvgIpc) is 3.01. The minimum absolute atomic E-state index is 0.0957. The van der Waals surface area contributed by atoms with Gasteiger partial charge in [-0.1, -0.05) is 20.8 Å². The van der Waals surface area contributed by atoms with Gasteiger partial charge in [-0.2, -0.15) is 0 Å². The number of aliphatic hydroxyl groups excluding tert-OH is 3. The third-order valence-electron chi connectivity index (χ3n) is 10.3. The normalized spacial score (nSPS) is 52.9. The second kappa shape index (κ2) is 7.49. The molecule has 4 aliphatic carbocycles. The highest BCUT2D eigenvalue weighted by Gasteiger charge is 2.65. The lowest BCUT2D eigenvalue weighted by atomic mass is 9.43. The van der Waals surface area contributed by atoms with E-state index in [2.05, 4.69) is 20.8 Å². The molecular weight excluding hydrogens is 369 g/mol. The van der Waals surface area contributed by atoms with Gasteiger partial charge in [-0.05, 0) is 97.7 Å². The molecule has 4 N–H and O–H groups in total. The van der Waals surface area contributed by atoms with Gasteiger partial charge in [0, 0.05) is 6.42 Å². The molecule has 29 heavy (non-hydrogen) atoms. The number of fused-ring (bicyclic) bond motifs is 5. The lowest BCUT2D eigenvalue weighted by Crippen LogP contribution is -2.62. The maximum atomic E-state index is 11.5. The van der Waals surface area contributed by atoms with Crippen molar-refractivity contribution in [3.05, 3.63) is 0 Å². The highest BCUT2D eigenvalue weighted by atomic mass is 16.4. The smallest absolute Gasteiger partial charge is 0.303 e. The molecule has 4 saturated carbocycles. The molecule has 4 aliphatic rings. The van der Waals surface area contributed by atoms with Gasteiger partial charge in [0.1, 0.15) is 0 Å². The first-order chi connectivity index (χ1) is 13.6. The predicted molar refractivity (Wildman–Crippen MR) is 110 cm³/mol. The van der Waals surface area contributed by atoms with E-state index in [0.717, 1.165) is 44.9 Å². The van der Waals surface area contributed by atoms with Gasteiger partial charge in [0.05, 0.1) is 18.3 Å². The Morgan fingerprint density at radius 1 is 1.03 bits per heavy atom. The van der Waals surface area contributed by atoms with E-state index in [-0.39, 0.29) is 41.3 Å². The number of aliphatic carboxylic acids is 1. The SMILES string of the molecule is C[C@H](C[13CH2]C(=O)O)[C@H]1CC[C@H]2[C@@H]3[C@H](O)C[C@@H]4C[C@H](O)CC[C@]4(C)[C@H]3C[C@H](O)[C@]12C. The van der Waals surface area contributed by atoms with Crippen LogP contribution in [0.2, 0.25) is 0 Å². The third-order valence-corrected chi connectivity index (χ3v) is 10.3. The summed E-state index contributed by atoms with van der Waals surface area (Å²) in [5.41, 5.74) is -0.143. The summed E-state index contributed by atoms with van der Waals surface area (Å²) in [5.74, 6) is 0.997. The van der Waals surface area contributed by atoms with Crippen molar-refractivity contribution in [2.45, 2.75) is 96.9 Å². The van der Waals surface area contributed by atoms with Crippen LogP contribution in [0.15, 0.2) is 0 Å². The molecule has 11 atom stereocenters. The van der Waals surface area contributed by atoms with Crippen LogP contribution in [0.4, 0.5) is 0 Å². The van der Waals surface area contributed by atoms with Crippen molar-refractivity contribution < 1.29 is 25.2 Å². The number of hydrogen-bond donors (Lipinski definition) is 4. The van der Waals surface area contributed by atoms with Gasteiger partial charge in [-0.3, -0.25) is 4.79 Å². The van der Waals surface area contributed by atoms with E-state index in [1.165, 1.54) is 0 Å². The molecule has 5 nitrogen and oxygen atoms in total. The molecule has 0 radical (unpaired) electrons. The first-order valence-corrected chi connectivity index (χ1v) is 11.8. The van der Waals surface area contributed by atoms with Gasteiger partial charge < -0.3 is 20.4 Å². The van der Waals surface area contributed by atoms with E-state index in [1.807, 2.05) is 0 Å². The Labute approximate surface area is 174 Å². The quantitative estimate of drug-likeness (QED) is 0.533. The summed E-state index contributed by atoms with van der Waals surface area (Å²) in [6.07, 6.45) is 6.00. The molecule has 0 spiro atoms. The zero-order valence-electron chi connectivity index (χ0n) is 18.3. The molecule has 0 aromatic rings. The number of rotatable bonds is 4. The molecule has 0 saturated heterocycles. The maximum Gasteiger partial charge on any atom is 0.303 e. The van der Waals surface area contributed by atoms with E-state index in [0.29, 0.717) is 30.1 Å². The Balaban J connectivity index is 1.61. The van der Waals surface area contributed by atoms with Crippen LogP contribution in [0, 0.1) is 46.3 Å². The molecular formula is C24H40O5. The minimum Gasteiger partial charge on any atom is -0.481 e. The molecule has 0 aromatic heterocycles. The molecule has 0 amide bonds. The van der Waals surface area contributed by atoms with Gasteiger partial charge in [0.2, 0.25) is 0 Å². The van der Waals surface area contributed by atoms with Crippen molar-refractivity contribution >= 4 is 5.97 Å². The summed E-state index contributed by atoms with van der Waals surface area (Å²) >= 11 is 0. The molecule has 4 rings (SSSR count). The van der Waals surface area contributed by atoms with Crippen LogP contribution in [0.25, 0.3) is 0 Å². The van der Waals surface area contributed by atoms with E-state index in [1.54, 1.807) is 0 Å². The summed E-state index contributed by atoms with van der Waals surface area (Å²) in [5, 5.41) is 42.0. The van der Waals surface area contributed by atoms with E-state index >= 15 is 0 Å². The fraction of sp³-hybridized carbons (Fsp3) is 0.958. The maximum absolute atomic E-state index is 11.5. The summed E-state index contributed by atoms with van der Waals surface area (Å²) in [7, 11) is 0. The molecule has 0 aliphatic heterocycles. The average molecular weight is 410 g/mol. The number of carbonyl (C=O) groups is 1. The minimum atomic E-state index is -0.748. The third kappa shape index (κ3) is 3.27. The molecule has 0 aromatic carbocycles. The lowest BCUT2D eigenvalue weighted by Gasteiger charge is -2.63. The topological polar surface area (TPSA) is 98.0 Å². The number of carboxylic acid groups (broad SMARTS) is 1. The van der Waals surface area contributed by atoms with Crippen LogP contribution in [0.1, 0.15) is 78.6 Å². The summed E-state index contributed by atoms with van der Waals surface area (Å²) in [6.45, 7) is 6.72. The van der Waals surface area contributed by atoms with Crippen LogP contribution in [-0.2, 0) is 4.79 Å². The first-order valence-electron chi connectivity index (χ1n) is 11.8. The van der Waals surface area contributed by atoms with Crippen molar-refractivity contribution in [1.29, 1.82) is 0 Å². The van der Waals surface area contributed by atoms with Crippen molar-refractivity contribution in [2.24, 2.45) is 46.3 Å². The van der Waals surface area contributed by atoms with Crippen molar-refractivity contribution in [3.63, 3.8) is 0 Å². The summed E-state index contributed by atoms with van der Waals surface area (Å²) in [6, 6.07) is 0. The Kier molecular flexibility index (Phi) is 5.57. The van der Waals surface area contributed by atoms with Gasteiger partial charge in [-0.15, -0.1) is 0 Å². The Bertz CT molecular complexity index is 637. The standard InChI is InChI=1S/C24H40O5/c1-13(4-7-21(28)29)16-5-6-17-22-18(12-20(27)24(16,17)3)23(2)9-8-15(25)10-14(23)11-19(22)26/h13-20,22,25-27H,4-12H2,1-3H3,(H,28,29)/t13-,14+,15-,16-,17+,18+,19-,20+,22+,23+,24-/m1/s1/i7+1. The van der Waals surface area contributed by atoms with Crippen LogP contribution in [0.3, 0.4) is 0 Å². The fourth-order valence-corrected chi connectivity index (χ4v) is 8.68. The van der Waals surface area contributed by atoms with Crippen LogP contribution in [-0.4, -0.2) is 44.7 Å². The lowest BCUT2D eigenvalue weighted by molar-refractivity contribution is -0.207. The van der Waals surface area contributed by atoms with Crippen molar-refractivity contribution in [1.82, 2.24) is 0 Å². The Hall–Kier alpha value is -0.650. The van der Waals surface area contributed by atoms with E-state index in [9.17, 15) is 20.1 Å². The predicted octanol–water partition coefficient (Wildman–Crippen LogP) is 3.45. The number of carboxylic acids is 1. The van der Waals surface area contributed by atoms with E-state index in [4.69, 9.17) is 5.11 Å². The molecule has 0 bridgehead atoms.